The summed E-state index contributed by atoms with van der Waals surface area (Å²) in [6.07, 6.45) is -0.0169. The van der Waals surface area contributed by atoms with Crippen LogP contribution in [0.15, 0.2) is 36.4 Å². The molecule has 1 aliphatic heterocycles. The molecule has 1 heterocycles. The quantitative estimate of drug-likeness (QED) is 0.124. The van der Waals surface area contributed by atoms with Crippen molar-refractivity contribution in [3.05, 3.63) is 53.1 Å². The molecule has 40 heavy (non-hydrogen) atoms. The van der Waals surface area contributed by atoms with Gasteiger partial charge in [-0.1, -0.05) is 6.07 Å². The summed E-state index contributed by atoms with van der Waals surface area (Å²) in [5.74, 6) is -3.05. The molecule has 12 N–H and O–H groups in total. The van der Waals surface area contributed by atoms with Crippen LogP contribution in [0.4, 0.5) is 11.4 Å². The van der Waals surface area contributed by atoms with Crippen molar-refractivity contribution >= 4 is 41.0 Å². The van der Waals surface area contributed by atoms with E-state index in [-0.39, 0.29) is 41.6 Å². The number of primary amides is 1. The fraction of sp³-hybridized carbons (Fsp3) is 0.346. The number of benzene rings is 2. The third kappa shape index (κ3) is 7.68. The second kappa shape index (κ2) is 13.4. The standard InChI is InChI=1S/C26H34N8O6/c1-13(35)21-25(39)33-19-10-14(22(28)36)5-6-15(19)12-40-20-8-7-16(31-26(29)30)11-17(20)23(37)32-18(24(38)34-21)4-2-3-9-27/h5-8,10-11,13,18,21,35H,2-4,9,12,27H2,1H3,(H2,28,36)(H,32,37)(H,33,39)(H,34,38)(H4,29,30,31)/t13-,18+,21?/m1/s1. The van der Waals surface area contributed by atoms with E-state index in [9.17, 15) is 24.3 Å². The predicted molar refractivity (Wildman–Crippen MR) is 148 cm³/mol. The Balaban J connectivity index is 2.11. The molecule has 0 aliphatic carbocycles. The Morgan fingerprint density at radius 3 is 2.52 bits per heavy atom. The van der Waals surface area contributed by atoms with Crippen LogP contribution < -0.4 is 43.2 Å². The molecular weight excluding hydrogens is 520 g/mol. The number of hydrogen-bond acceptors (Lipinski definition) is 8. The highest BCUT2D eigenvalue weighted by Gasteiger charge is 2.31. The van der Waals surface area contributed by atoms with Gasteiger partial charge in [-0.2, -0.15) is 0 Å². The van der Waals surface area contributed by atoms with Crippen LogP contribution in [0, 0.1) is 5.41 Å². The van der Waals surface area contributed by atoms with Crippen LogP contribution >= 0.6 is 0 Å². The van der Waals surface area contributed by atoms with Gasteiger partial charge in [-0.15, -0.1) is 0 Å². The average molecular weight is 555 g/mol. The maximum atomic E-state index is 13.5. The Hall–Kier alpha value is -4.69. The van der Waals surface area contributed by atoms with Gasteiger partial charge in [-0.05, 0) is 63.1 Å². The van der Waals surface area contributed by atoms with Crippen molar-refractivity contribution in [2.24, 2.45) is 17.2 Å². The Labute approximate surface area is 230 Å². The van der Waals surface area contributed by atoms with Gasteiger partial charge in [0, 0.05) is 22.5 Å². The molecule has 2 aromatic rings. The van der Waals surface area contributed by atoms with Gasteiger partial charge in [0.25, 0.3) is 5.91 Å². The second-order valence-electron chi connectivity index (χ2n) is 9.30. The Morgan fingerprint density at radius 1 is 1.12 bits per heavy atom. The van der Waals surface area contributed by atoms with E-state index in [1.807, 2.05) is 0 Å². The first-order valence-corrected chi connectivity index (χ1v) is 12.6. The van der Waals surface area contributed by atoms with Crippen LogP contribution in [0.3, 0.4) is 0 Å². The second-order valence-corrected chi connectivity index (χ2v) is 9.30. The van der Waals surface area contributed by atoms with Crippen LogP contribution in [0.25, 0.3) is 0 Å². The maximum Gasteiger partial charge on any atom is 0.255 e. The number of fused-ring (bicyclic) bond motifs is 2. The Bertz CT molecular complexity index is 1300. The monoisotopic (exact) mass is 554 g/mol. The molecule has 3 rings (SSSR count). The maximum absolute atomic E-state index is 13.5. The summed E-state index contributed by atoms with van der Waals surface area (Å²) in [7, 11) is 0. The number of carbonyl (C=O) groups excluding carboxylic acids is 4. The molecule has 1 aliphatic rings. The van der Waals surface area contributed by atoms with Gasteiger partial charge in [-0.3, -0.25) is 24.6 Å². The summed E-state index contributed by atoms with van der Waals surface area (Å²) in [4.78, 5) is 51.7. The van der Waals surface area contributed by atoms with E-state index in [4.69, 9.17) is 27.3 Å². The molecule has 0 bridgehead atoms. The molecule has 2 aromatic carbocycles. The number of nitrogens with two attached hydrogens (primary N) is 3. The van der Waals surface area contributed by atoms with Crippen molar-refractivity contribution in [1.82, 2.24) is 10.6 Å². The van der Waals surface area contributed by atoms with Crippen molar-refractivity contribution in [2.45, 2.75) is 51.0 Å². The molecule has 0 aromatic heterocycles. The number of rotatable bonds is 7. The summed E-state index contributed by atoms with van der Waals surface area (Å²) in [6.45, 7) is 1.57. The first-order valence-electron chi connectivity index (χ1n) is 12.6. The van der Waals surface area contributed by atoms with Crippen molar-refractivity contribution in [3.8, 4) is 5.75 Å². The lowest BCUT2D eigenvalue weighted by atomic mass is 10.0. The van der Waals surface area contributed by atoms with Gasteiger partial charge in [0.15, 0.2) is 5.96 Å². The summed E-state index contributed by atoms with van der Waals surface area (Å²) < 4.78 is 5.95. The van der Waals surface area contributed by atoms with Gasteiger partial charge in [0.05, 0.1) is 11.7 Å². The number of aliphatic hydroxyl groups excluding tert-OH is 1. The van der Waals surface area contributed by atoms with E-state index in [1.165, 1.54) is 37.3 Å². The number of aliphatic hydroxyl groups is 1. The van der Waals surface area contributed by atoms with Crippen molar-refractivity contribution in [3.63, 3.8) is 0 Å². The van der Waals surface area contributed by atoms with Crippen LogP contribution in [0.1, 0.15) is 52.5 Å². The summed E-state index contributed by atoms with van der Waals surface area (Å²) in [6, 6.07) is 6.32. The highest BCUT2D eigenvalue weighted by molar-refractivity contribution is 6.03. The lowest BCUT2D eigenvalue weighted by Crippen LogP contribution is -2.56. The van der Waals surface area contributed by atoms with Crippen molar-refractivity contribution in [1.29, 1.82) is 5.41 Å². The lowest BCUT2D eigenvalue weighted by Gasteiger charge is -2.26. The number of amides is 4. The normalized spacial score (nSPS) is 18.4. The molecular formula is C26H34N8O6. The molecule has 14 nitrogen and oxygen atoms in total. The SMILES string of the molecule is C[C@@H](O)C1NC(=O)[C@H](CCCCN)NC(=O)c2cc(NC(=N)N)ccc2OCc2ccc(C(N)=O)cc2NC1=O. The minimum Gasteiger partial charge on any atom is -0.488 e. The predicted octanol–water partition coefficient (Wildman–Crippen LogP) is -0.285. The average Bonchev–Trinajstić information content (AvgIpc) is 2.89. The fourth-order valence-corrected chi connectivity index (χ4v) is 4.06. The van der Waals surface area contributed by atoms with Crippen LogP contribution in [-0.2, 0) is 16.2 Å². The first kappa shape index (κ1) is 29.9. The molecule has 3 atom stereocenters. The number of anilines is 2. The molecule has 0 saturated carbocycles. The summed E-state index contributed by atoms with van der Waals surface area (Å²) in [5, 5.41) is 28.3. The van der Waals surface area contributed by atoms with Crippen molar-refractivity contribution < 1.29 is 29.0 Å². The molecule has 4 amide bonds. The van der Waals surface area contributed by atoms with E-state index in [0.717, 1.165) is 0 Å². The molecule has 1 unspecified atom stereocenters. The summed E-state index contributed by atoms with van der Waals surface area (Å²) in [5.41, 5.74) is 17.5. The number of guanidine groups is 1. The molecule has 0 radical (unpaired) electrons. The van der Waals surface area contributed by atoms with Gasteiger partial charge in [0.2, 0.25) is 17.7 Å². The smallest absolute Gasteiger partial charge is 0.255 e. The zero-order valence-corrected chi connectivity index (χ0v) is 22.0. The zero-order chi connectivity index (χ0) is 29.4. The van der Waals surface area contributed by atoms with E-state index in [0.29, 0.717) is 30.6 Å². The van der Waals surface area contributed by atoms with Gasteiger partial charge < -0.3 is 48.3 Å². The third-order valence-corrected chi connectivity index (χ3v) is 6.17. The lowest BCUT2D eigenvalue weighted by molar-refractivity contribution is -0.130. The van der Waals surface area contributed by atoms with Crippen molar-refractivity contribution in [2.75, 3.05) is 17.2 Å². The number of unbranched alkanes of at least 4 members (excludes halogenated alkanes) is 1. The third-order valence-electron chi connectivity index (χ3n) is 6.17. The number of hydrogen-bond donors (Lipinski definition) is 9. The highest BCUT2D eigenvalue weighted by atomic mass is 16.5. The van der Waals surface area contributed by atoms with Gasteiger partial charge in [0.1, 0.15) is 24.4 Å². The van der Waals surface area contributed by atoms with Crippen LogP contribution in [0.2, 0.25) is 0 Å². The fourth-order valence-electron chi connectivity index (χ4n) is 4.06. The van der Waals surface area contributed by atoms with E-state index >= 15 is 0 Å². The molecule has 0 saturated heterocycles. The molecule has 0 spiro atoms. The Morgan fingerprint density at radius 2 is 1.88 bits per heavy atom. The van der Waals surface area contributed by atoms with Gasteiger partial charge >= 0.3 is 0 Å². The van der Waals surface area contributed by atoms with E-state index in [1.54, 1.807) is 6.07 Å². The minimum atomic E-state index is -1.39. The molecule has 214 valence electrons. The van der Waals surface area contributed by atoms with E-state index < -0.39 is 41.8 Å². The largest absolute Gasteiger partial charge is 0.488 e. The molecule has 14 heteroatoms. The number of carbonyl (C=O) groups is 4. The van der Waals surface area contributed by atoms with E-state index in [2.05, 4.69) is 21.3 Å². The molecule has 0 fully saturated rings. The Kier molecular flexibility index (Phi) is 10.00. The minimum absolute atomic E-state index is 0.0475. The topological polar surface area (TPSA) is 248 Å². The van der Waals surface area contributed by atoms with Crippen LogP contribution in [0.5, 0.6) is 5.75 Å². The summed E-state index contributed by atoms with van der Waals surface area (Å²) >= 11 is 0. The first-order chi connectivity index (χ1) is 19.0. The zero-order valence-electron chi connectivity index (χ0n) is 22.0. The number of ether oxygens (including phenoxy) is 1. The number of nitrogens with one attached hydrogen (secondary N) is 5. The van der Waals surface area contributed by atoms with Crippen LogP contribution in [-0.4, -0.2) is 59.4 Å². The highest BCUT2D eigenvalue weighted by Crippen LogP contribution is 2.27. The van der Waals surface area contributed by atoms with Gasteiger partial charge in [-0.25, -0.2) is 0 Å².